The fourth-order valence-corrected chi connectivity index (χ4v) is 1.11. The topological polar surface area (TPSA) is 41.5 Å². The molecule has 0 atom stereocenters. The van der Waals surface area contributed by atoms with E-state index in [1.54, 1.807) is 0 Å². The van der Waals surface area contributed by atoms with Crippen LogP contribution in [0.3, 0.4) is 0 Å². The molecule has 0 saturated heterocycles. The third-order valence-corrected chi connectivity index (χ3v) is 1.74. The first-order chi connectivity index (χ1) is 4.34. The van der Waals surface area contributed by atoms with Gasteiger partial charge >= 0.3 is 0 Å². The standard InChI is InChI=1S/C5H8N2OS/c1-9-5-4(8)6-2-3-7-5/h2-3H2,1H3,(H,6,8). The number of thioether (sulfide) groups is 1. The van der Waals surface area contributed by atoms with Crippen LogP contribution in [0.1, 0.15) is 0 Å². The van der Waals surface area contributed by atoms with Crippen molar-refractivity contribution in [1.82, 2.24) is 5.32 Å². The lowest BCUT2D eigenvalue weighted by Gasteiger charge is -2.09. The number of carbonyl (C=O) groups is 1. The first-order valence-electron chi connectivity index (χ1n) is 2.71. The van der Waals surface area contributed by atoms with E-state index in [1.807, 2.05) is 6.26 Å². The zero-order chi connectivity index (χ0) is 6.69. The van der Waals surface area contributed by atoms with Gasteiger partial charge in [0.1, 0.15) is 0 Å². The van der Waals surface area contributed by atoms with Crippen LogP contribution < -0.4 is 5.32 Å². The number of aliphatic imine (C=N–C) groups is 1. The molecule has 1 N–H and O–H groups in total. The minimum atomic E-state index is -0.0336. The zero-order valence-electron chi connectivity index (χ0n) is 5.18. The molecule has 0 aromatic heterocycles. The fraction of sp³-hybridized carbons (Fsp3) is 0.600. The Labute approximate surface area is 57.9 Å². The predicted molar refractivity (Wildman–Crippen MR) is 38.8 cm³/mol. The summed E-state index contributed by atoms with van der Waals surface area (Å²) in [4.78, 5) is 14.8. The molecule has 0 bridgehead atoms. The number of carbonyl (C=O) groups excluding carboxylic acids is 1. The van der Waals surface area contributed by atoms with Crippen molar-refractivity contribution < 1.29 is 4.79 Å². The summed E-state index contributed by atoms with van der Waals surface area (Å²) in [6, 6.07) is 0. The van der Waals surface area contributed by atoms with E-state index >= 15 is 0 Å². The van der Waals surface area contributed by atoms with Crippen LogP contribution in [0.25, 0.3) is 0 Å². The quantitative estimate of drug-likeness (QED) is 0.515. The molecule has 1 amide bonds. The van der Waals surface area contributed by atoms with Gasteiger partial charge in [0, 0.05) is 6.54 Å². The summed E-state index contributed by atoms with van der Waals surface area (Å²) in [5.74, 6) is -0.0336. The fourth-order valence-electron chi connectivity index (χ4n) is 0.632. The predicted octanol–water partition coefficient (Wildman–Crippen LogP) is -0.122. The molecule has 0 aromatic rings. The highest BCUT2D eigenvalue weighted by Crippen LogP contribution is 2.00. The summed E-state index contributed by atoms with van der Waals surface area (Å²) in [6.45, 7) is 1.41. The monoisotopic (exact) mass is 144 g/mol. The molecular formula is C5H8N2OS. The zero-order valence-corrected chi connectivity index (χ0v) is 5.99. The van der Waals surface area contributed by atoms with Crippen molar-refractivity contribution in [2.75, 3.05) is 19.3 Å². The lowest BCUT2D eigenvalue weighted by Crippen LogP contribution is -2.35. The van der Waals surface area contributed by atoms with Crippen molar-refractivity contribution in [2.24, 2.45) is 4.99 Å². The summed E-state index contributed by atoms with van der Waals surface area (Å²) >= 11 is 1.39. The van der Waals surface area contributed by atoms with Crippen molar-refractivity contribution in [3.8, 4) is 0 Å². The van der Waals surface area contributed by atoms with Gasteiger partial charge in [-0.3, -0.25) is 9.79 Å². The molecule has 0 unspecified atom stereocenters. The molecule has 0 fully saturated rings. The van der Waals surface area contributed by atoms with Crippen molar-refractivity contribution in [2.45, 2.75) is 0 Å². The van der Waals surface area contributed by atoms with Crippen molar-refractivity contribution in [3.63, 3.8) is 0 Å². The summed E-state index contributed by atoms with van der Waals surface area (Å²) in [5.41, 5.74) is 0. The largest absolute Gasteiger partial charge is 0.348 e. The molecule has 1 aliphatic heterocycles. The average molecular weight is 144 g/mol. The number of rotatable bonds is 0. The summed E-state index contributed by atoms with van der Waals surface area (Å²) < 4.78 is 0. The molecule has 3 nitrogen and oxygen atoms in total. The molecule has 4 heteroatoms. The molecular weight excluding hydrogens is 136 g/mol. The highest BCUT2D eigenvalue weighted by atomic mass is 32.2. The van der Waals surface area contributed by atoms with Crippen LogP contribution in [-0.4, -0.2) is 30.3 Å². The molecule has 0 saturated carbocycles. The summed E-state index contributed by atoms with van der Waals surface area (Å²) in [6.07, 6.45) is 1.85. The second-order valence-electron chi connectivity index (χ2n) is 1.65. The average Bonchev–Trinajstić information content (AvgIpc) is 1.89. The number of nitrogens with one attached hydrogen (secondary N) is 1. The minimum absolute atomic E-state index is 0.0336. The minimum Gasteiger partial charge on any atom is -0.348 e. The Balaban J connectivity index is 2.64. The maximum Gasteiger partial charge on any atom is 0.276 e. The van der Waals surface area contributed by atoms with Crippen LogP contribution in [-0.2, 0) is 4.79 Å². The van der Waals surface area contributed by atoms with Crippen molar-refractivity contribution in [3.05, 3.63) is 0 Å². The Hall–Kier alpha value is -0.510. The van der Waals surface area contributed by atoms with E-state index in [0.29, 0.717) is 11.6 Å². The van der Waals surface area contributed by atoms with Gasteiger partial charge < -0.3 is 5.32 Å². The summed E-state index contributed by atoms with van der Waals surface area (Å²) in [7, 11) is 0. The molecule has 50 valence electrons. The number of amides is 1. The first kappa shape index (κ1) is 6.61. The van der Waals surface area contributed by atoms with Gasteiger partial charge in [0.05, 0.1) is 6.54 Å². The van der Waals surface area contributed by atoms with Crippen LogP contribution in [0.2, 0.25) is 0 Å². The SMILES string of the molecule is CSC1=NCCNC1=O. The molecule has 9 heavy (non-hydrogen) atoms. The van der Waals surface area contributed by atoms with E-state index in [-0.39, 0.29) is 5.91 Å². The van der Waals surface area contributed by atoms with Gasteiger partial charge in [0.2, 0.25) is 0 Å². The second kappa shape index (κ2) is 2.87. The molecule has 0 radical (unpaired) electrons. The molecule has 0 aromatic carbocycles. The third-order valence-electron chi connectivity index (χ3n) is 1.04. The third kappa shape index (κ3) is 1.45. The maximum atomic E-state index is 10.8. The first-order valence-corrected chi connectivity index (χ1v) is 3.93. The Morgan fingerprint density at radius 1 is 1.78 bits per heavy atom. The Morgan fingerprint density at radius 3 is 3.00 bits per heavy atom. The lowest BCUT2D eigenvalue weighted by molar-refractivity contribution is -0.114. The van der Waals surface area contributed by atoms with Crippen LogP contribution >= 0.6 is 11.8 Å². The highest BCUT2D eigenvalue weighted by Gasteiger charge is 2.11. The molecule has 0 aliphatic carbocycles. The summed E-state index contributed by atoms with van der Waals surface area (Å²) in [5, 5.41) is 3.29. The lowest BCUT2D eigenvalue weighted by atomic mass is 10.5. The van der Waals surface area contributed by atoms with Crippen LogP contribution in [0.4, 0.5) is 0 Å². The number of hydrogen-bond donors (Lipinski definition) is 1. The normalized spacial score (nSPS) is 18.8. The second-order valence-corrected chi connectivity index (χ2v) is 2.44. The van der Waals surface area contributed by atoms with Crippen LogP contribution in [0.15, 0.2) is 4.99 Å². The van der Waals surface area contributed by atoms with E-state index in [4.69, 9.17) is 0 Å². The molecule has 1 aliphatic rings. The van der Waals surface area contributed by atoms with E-state index < -0.39 is 0 Å². The van der Waals surface area contributed by atoms with Gasteiger partial charge in [-0.2, -0.15) is 0 Å². The van der Waals surface area contributed by atoms with Crippen molar-refractivity contribution >= 4 is 22.7 Å². The Kier molecular flexibility index (Phi) is 2.10. The van der Waals surface area contributed by atoms with Gasteiger partial charge in [-0.25, -0.2) is 0 Å². The highest BCUT2D eigenvalue weighted by molar-refractivity contribution is 8.15. The smallest absolute Gasteiger partial charge is 0.276 e. The van der Waals surface area contributed by atoms with E-state index in [2.05, 4.69) is 10.3 Å². The van der Waals surface area contributed by atoms with Crippen molar-refractivity contribution in [1.29, 1.82) is 0 Å². The molecule has 1 heterocycles. The van der Waals surface area contributed by atoms with E-state index in [1.165, 1.54) is 11.8 Å². The molecule has 0 spiro atoms. The Morgan fingerprint density at radius 2 is 2.56 bits per heavy atom. The van der Waals surface area contributed by atoms with Gasteiger partial charge in [0.25, 0.3) is 5.91 Å². The van der Waals surface area contributed by atoms with Gasteiger partial charge in [-0.15, -0.1) is 11.8 Å². The van der Waals surface area contributed by atoms with Gasteiger partial charge in [-0.1, -0.05) is 0 Å². The van der Waals surface area contributed by atoms with E-state index in [0.717, 1.165) is 6.54 Å². The molecule has 1 rings (SSSR count). The van der Waals surface area contributed by atoms with Crippen LogP contribution in [0, 0.1) is 0 Å². The maximum absolute atomic E-state index is 10.8. The number of hydrogen-bond acceptors (Lipinski definition) is 3. The van der Waals surface area contributed by atoms with Crippen LogP contribution in [0.5, 0.6) is 0 Å². The van der Waals surface area contributed by atoms with Gasteiger partial charge in [-0.05, 0) is 6.26 Å². The number of nitrogens with zero attached hydrogens (tertiary/aromatic N) is 1. The Bertz CT molecular complexity index is 155. The van der Waals surface area contributed by atoms with Gasteiger partial charge in [0.15, 0.2) is 5.04 Å². The van der Waals surface area contributed by atoms with E-state index in [9.17, 15) is 4.79 Å².